The second kappa shape index (κ2) is 6.04. The number of fused-ring (bicyclic) bond motifs is 1. The predicted molar refractivity (Wildman–Crippen MR) is 86.4 cm³/mol. The summed E-state index contributed by atoms with van der Waals surface area (Å²) in [7, 11) is 0.790. The Hall–Kier alpha value is -1.96. The van der Waals surface area contributed by atoms with E-state index >= 15 is 0 Å². The van der Waals surface area contributed by atoms with Gasteiger partial charge in [-0.15, -0.1) is 0 Å². The van der Waals surface area contributed by atoms with E-state index in [1.54, 1.807) is 17.9 Å². The molecule has 0 saturated carbocycles. The first-order valence-electron chi connectivity index (χ1n) is 6.87. The quantitative estimate of drug-likeness (QED) is 0.839. The summed E-state index contributed by atoms with van der Waals surface area (Å²) in [5.74, 6) is 0.433. The average molecular weight is 324 g/mol. The fourth-order valence-electron chi connectivity index (χ4n) is 2.14. The van der Waals surface area contributed by atoms with Crippen LogP contribution in [0.3, 0.4) is 0 Å². The first kappa shape index (κ1) is 16.4. The fraction of sp³-hybridized carbons (Fsp3) is 0.500. The summed E-state index contributed by atoms with van der Waals surface area (Å²) in [6.07, 6.45) is 3.73. The third kappa shape index (κ3) is 3.62. The molecule has 2 aromatic rings. The molecule has 0 radical (unpaired) electrons. The summed E-state index contributed by atoms with van der Waals surface area (Å²) >= 11 is 0. The molecule has 22 heavy (non-hydrogen) atoms. The van der Waals surface area contributed by atoms with Crippen molar-refractivity contribution in [2.75, 3.05) is 12.0 Å². The van der Waals surface area contributed by atoms with Gasteiger partial charge in [-0.3, -0.25) is 13.8 Å². The molecule has 0 saturated heterocycles. The highest BCUT2D eigenvalue weighted by atomic mass is 32.2. The Balaban J connectivity index is 2.24. The minimum atomic E-state index is -0.902. The van der Waals surface area contributed by atoms with Gasteiger partial charge in [-0.2, -0.15) is 0 Å². The number of H-pyrrole nitrogens is 1. The maximum Gasteiger partial charge on any atom is 0.287 e. The summed E-state index contributed by atoms with van der Waals surface area (Å²) in [5, 5.41) is 2.90. The molecule has 0 aliphatic rings. The standard InChI is InChI=1S/C14H20N4O3S/c1-14(2,5-6-22(4)21)17-13(20)12-16-9-8-15-11(19)7-10(9)18(12)3/h7-8H,5-6H2,1-4H3,(H,15,19)(H,17,20). The first-order valence-corrected chi connectivity index (χ1v) is 8.60. The van der Waals surface area contributed by atoms with Crippen molar-refractivity contribution in [3.8, 4) is 0 Å². The van der Waals surface area contributed by atoms with Crippen LogP contribution in [-0.4, -0.2) is 42.2 Å². The fourth-order valence-corrected chi connectivity index (χ4v) is 2.94. The van der Waals surface area contributed by atoms with Crippen LogP contribution in [0.15, 0.2) is 17.1 Å². The highest BCUT2D eigenvalue weighted by molar-refractivity contribution is 7.84. The molecule has 0 fully saturated rings. The highest BCUT2D eigenvalue weighted by Crippen LogP contribution is 2.14. The van der Waals surface area contributed by atoms with Gasteiger partial charge in [0.2, 0.25) is 5.56 Å². The Morgan fingerprint density at radius 3 is 2.82 bits per heavy atom. The van der Waals surface area contributed by atoms with Gasteiger partial charge in [-0.05, 0) is 20.3 Å². The van der Waals surface area contributed by atoms with Crippen molar-refractivity contribution in [3.05, 3.63) is 28.4 Å². The van der Waals surface area contributed by atoms with E-state index < -0.39 is 16.3 Å². The summed E-state index contributed by atoms with van der Waals surface area (Å²) in [6.45, 7) is 3.76. The molecule has 2 rings (SSSR count). The molecule has 0 aromatic carbocycles. The summed E-state index contributed by atoms with van der Waals surface area (Å²) in [4.78, 5) is 30.6. The van der Waals surface area contributed by atoms with Gasteiger partial charge in [-0.1, -0.05) is 0 Å². The van der Waals surface area contributed by atoms with Gasteiger partial charge in [0, 0.05) is 47.7 Å². The van der Waals surface area contributed by atoms with Crippen LogP contribution in [0.2, 0.25) is 0 Å². The van der Waals surface area contributed by atoms with E-state index in [9.17, 15) is 13.8 Å². The number of aryl methyl sites for hydroxylation is 1. The molecule has 0 spiro atoms. The van der Waals surface area contributed by atoms with Gasteiger partial charge in [0.1, 0.15) is 5.52 Å². The van der Waals surface area contributed by atoms with Gasteiger partial charge < -0.3 is 14.9 Å². The van der Waals surface area contributed by atoms with Crippen molar-refractivity contribution in [2.24, 2.45) is 7.05 Å². The molecule has 1 amide bonds. The molecule has 120 valence electrons. The minimum Gasteiger partial charge on any atom is -0.344 e. The van der Waals surface area contributed by atoms with Crippen molar-refractivity contribution in [3.63, 3.8) is 0 Å². The molecular formula is C14H20N4O3S. The summed E-state index contributed by atoms with van der Waals surface area (Å²) in [5.41, 5.74) is 0.422. The zero-order valence-corrected chi connectivity index (χ0v) is 13.9. The number of imidazole rings is 1. The Kier molecular flexibility index (Phi) is 4.50. The second-order valence-electron chi connectivity index (χ2n) is 5.93. The number of rotatable bonds is 5. The van der Waals surface area contributed by atoms with E-state index in [1.807, 2.05) is 13.8 Å². The molecule has 2 heterocycles. The third-order valence-electron chi connectivity index (χ3n) is 3.46. The number of hydrogen-bond acceptors (Lipinski definition) is 4. The zero-order valence-electron chi connectivity index (χ0n) is 13.1. The zero-order chi connectivity index (χ0) is 16.5. The maximum atomic E-state index is 12.4. The topological polar surface area (TPSA) is 96.8 Å². The normalized spacial score (nSPS) is 13.3. The van der Waals surface area contributed by atoms with Crippen molar-refractivity contribution >= 4 is 27.7 Å². The Morgan fingerprint density at radius 2 is 2.18 bits per heavy atom. The largest absolute Gasteiger partial charge is 0.344 e. The summed E-state index contributed by atoms with van der Waals surface area (Å²) < 4.78 is 12.8. The summed E-state index contributed by atoms with van der Waals surface area (Å²) in [6, 6.07) is 1.41. The lowest BCUT2D eigenvalue weighted by Crippen LogP contribution is -2.45. The number of hydrogen-bond donors (Lipinski definition) is 2. The smallest absolute Gasteiger partial charge is 0.287 e. The first-order chi connectivity index (χ1) is 10.2. The van der Waals surface area contributed by atoms with Crippen LogP contribution in [0.25, 0.3) is 11.0 Å². The minimum absolute atomic E-state index is 0.236. The van der Waals surface area contributed by atoms with E-state index in [2.05, 4.69) is 15.3 Å². The van der Waals surface area contributed by atoms with Crippen LogP contribution in [0.5, 0.6) is 0 Å². The van der Waals surface area contributed by atoms with Crippen LogP contribution in [0.4, 0.5) is 0 Å². The van der Waals surface area contributed by atoms with Crippen molar-refractivity contribution in [2.45, 2.75) is 25.8 Å². The van der Waals surface area contributed by atoms with Gasteiger partial charge in [-0.25, -0.2) is 4.98 Å². The molecule has 0 aliphatic heterocycles. The molecule has 2 aromatic heterocycles. The molecule has 8 heteroatoms. The number of carbonyl (C=O) groups excluding carboxylic acids is 1. The lowest BCUT2D eigenvalue weighted by molar-refractivity contribution is 0.0898. The number of aromatic nitrogens is 3. The van der Waals surface area contributed by atoms with E-state index in [4.69, 9.17) is 0 Å². The van der Waals surface area contributed by atoms with E-state index in [0.29, 0.717) is 23.2 Å². The number of carbonyl (C=O) groups is 1. The van der Waals surface area contributed by atoms with E-state index in [1.165, 1.54) is 12.3 Å². The van der Waals surface area contributed by atoms with Crippen molar-refractivity contribution in [1.82, 2.24) is 19.9 Å². The predicted octanol–water partition coefficient (Wildman–Crippen LogP) is 0.539. The van der Waals surface area contributed by atoms with Crippen LogP contribution >= 0.6 is 0 Å². The molecule has 7 nitrogen and oxygen atoms in total. The van der Waals surface area contributed by atoms with Gasteiger partial charge in [0.25, 0.3) is 5.91 Å². The highest BCUT2D eigenvalue weighted by Gasteiger charge is 2.24. The number of nitrogens with zero attached hydrogens (tertiary/aromatic N) is 2. The average Bonchev–Trinajstić information content (AvgIpc) is 2.74. The molecule has 1 atom stereocenters. The lowest BCUT2D eigenvalue weighted by Gasteiger charge is -2.25. The van der Waals surface area contributed by atoms with Gasteiger partial charge >= 0.3 is 0 Å². The van der Waals surface area contributed by atoms with Gasteiger partial charge in [0.05, 0.1) is 5.52 Å². The Labute approximate surface area is 130 Å². The van der Waals surface area contributed by atoms with Crippen molar-refractivity contribution < 1.29 is 9.00 Å². The molecule has 1 unspecified atom stereocenters. The third-order valence-corrected chi connectivity index (χ3v) is 4.24. The number of amides is 1. The molecule has 0 bridgehead atoms. The van der Waals surface area contributed by atoms with Crippen LogP contribution in [0, 0.1) is 0 Å². The maximum absolute atomic E-state index is 12.4. The van der Waals surface area contributed by atoms with E-state index in [0.717, 1.165) is 0 Å². The molecular weight excluding hydrogens is 304 g/mol. The SMILES string of the molecule is Cn1c(C(=O)NC(C)(C)CCS(C)=O)nc2c[nH]c(=O)cc21. The monoisotopic (exact) mass is 324 g/mol. The van der Waals surface area contributed by atoms with Crippen molar-refractivity contribution in [1.29, 1.82) is 0 Å². The lowest BCUT2D eigenvalue weighted by atomic mass is 10.0. The van der Waals surface area contributed by atoms with E-state index in [-0.39, 0.29) is 17.3 Å². The van der Waals surface area contributed by atoms with Gasteiger partial charge in [0.15, 0.2) is 5.82 Å². The number of nitrogens with one attached hydrogen (secondary N) is 2. The molecule has 2 N–H and O–H groups in total. The Morgan fingerprint density at radius 1 is 1.50 bits per heavy atom. The Bertz CT molecular complexity index is 791. The number of aromatic amines is 1. The van der Waals surface area contributed by atoms with Crippen LogP contribution in [-0.2, 0) is 17.8 Å². The second-order valence-corrected chi connectivity index (χ2v) is 7.48. The van der Waals surface area contributed by atoms with Crippen LogP contribution < -0.4 is 10.9 Å². The number of pyridine rings is 1. The van der Waals surface area contributed by atoms with Crippen LogP contribution in [0.1, 0.15) is 30.9 Å². The molecule has 0 aliphatic carbocycles.